The number of piperidine rings is 1. The molecule has 7 heteroatoms. The molecule has 0 aromatic heterocycles. The molecule has 1 saturated carbocycles. The van der Waals surface area contributed by atoms with Crippen molar-refractivity contribution in [3.63, 3.8) is 0 Å². The summed E-state index contributed by atoms with van der Waals surface area (Å²) in [5.74, 6) is -0.0556. The van der Waals surface area contributed by atoms with E-state index in [2.05, 4.69) is 10.6 Å². The van der Waals surface area contributed by atoms with Crippen LogP contribution in [-0.4, -0.2) is 48.4 Å². The molecule has 1 aliphatic heterocycles. The number of carbonyl (C=O) groups is 3. The summed E-state index contributed by atoms with van der Waals surface area (Å²) in [6.07, 6.45) is 3.20. The van der Waals surface area contributed by atoms with E-state index in [-0.39, 0.29) is 29.6 Å². The molecule has 152 valence electrons. The fourth-order valence-electron chi connectivity index (χ4n) is 3.46. The summed E-state index contributed by atoms with van der Waals surface area (Å²) < 4.78 is 5.08. The van der Waals surface area contributed by atoms with Gasteiger partial charge in [0.25, 0.3) is 0 Å². The second-order valence-electron chi connectivity index (χ2n) is 7.56. The highest BCUT2D eigenvalue weighted by atomic mass is 16.5. The lowest BCUT2D eigenvalue weighted by Gasteiger charge is -2.33. The molecule has 2 fully saturated rings. The number of carbonyl (C=O) groups excluding carboxylic acids is 3. The Kier molecular flexibility index (Phi) is 6.54. The zero-order valence-corrected chi connectivity index (χ0v) is 16.6. The maximum Gasteiger partial charge on any atom is 0.309 e. The third-order valence-electron chi connectivity index (χ3n) is 5.26. The van der Waals surface area contributed by atoms with E-state index in [1.807, 2.05) is 31.2 Å². The Hall–Kier alpha value is -2.57. The van der Waals surface area contributed by atoms with E-state index >= 15 is 0 Å². The summed E-state index contributed by atoms with van der Waals surface area (Å²) >= 11 is 0. The quantitative estimate of drug-likeness (QED) is 0.702. The Bertz CT molecular complexity index is 724. The molecule has 1 unspecified atom stereocenters. The SMILES string of the molecule is CCOC(=O)C1CCN(C(=O)C(C)Nc2cccc(NC(=O)C3CC3)c2)CC1. The predicted octanol–water partition coefficient (Wildman–Crippen LogP) is 2.64. The largest absolute Gasteiger partial charge is 0.466 e. The molecule has 2 aliphatic rings. The van der Waals surface area contributed by atoms with Gasteiger partial charge >= 0.3 is 5.97 Å². The van der Waals surface area contributed by atoms with Crippen LogP contribution in [0, 0.1) is 11.8 Å². The molecule has 1 saturated heterocycles. The first-order valence-corrected chi connectivity index (χ1v) is 10.1. The third kappa shape index (κ3) is 5.24. The smallest absolute Gasteiger partial charge is 0.309 e. The summed E-state index contributed by atoms with van der Waals surface area (Å²) in [6.45, 7) is 5.14. The van der Waals surface area contributed by atoms with Gasteiger partial charge in [0.05, 0.1) is 12.5 Å². The minimum Gasteiger partial charge on any atom is -0.466 e. The molecule has 1 aromatic carbocycles. The van der Waals surface area contributed by atoms with Gasteiger partial charge in [0.1, 0.15) is 6.04 Å². The monoisotopic (exact) mass is 387 g/mol. The number of nitrogens with zero attached hydrogens (tertiary/aromatic N) is 1. The molecule has 1 aliphatic carbocycles. The lowest BCUT2D eigenvalue weighted by molar-refractivity contribution is -0.151. The lowest BCUT2D eigenvalue weighted by Crippen LogP contribution is -2.46. The molecule has 1 heterocycles. The highest BCUT2D eigenvalue weighted by Gasteiger charge is 2.31. The molecule has 3 rings (SSSR count). The van der Waals surface area contributed by atoms with E-state index in [9.17, 15) is 14.4 Å². The van der Waals surface area contributed by atoms with Crippen LogP contribution in [0.2, 0.25) is 0 Å². The fraction of sp³-hybridized carbons (Fsp3) is 0.571. The normalized spacial score (nSPS) is 18.3. The van der Waals surface area contributed by atoms with E-state index in [4.69, 9.17) is 4.74 Å². The molecule has 1 atom stereocenters. The summed E-state index contributed by atoms with van der Waals surface area (Å²) in [4.78, 5) is 38.3. The van der Waals surface area contributed by atoms with Crippen LogP contribution in [0.15, 0.2) is 24.3 Å². The van der Waals surface area contributed by atoms with Gasteiger partial charge in [0.15, 0.2) is 0 Å². The summed E-state index contributed by atoms with van der Waals surface area (Å²) in [5.41, 5.74) is 1.52. The van der Waals surface area contributed by atoms with Crippen molar-refractivity contribution in [1.29, 1.82) is 0 Å². The number of ether oxygens (including phenoxy) is 1. The Labute approximate surface area is 165 Å². The number of anilines is 2. The first-order chi connectivity index (χ1) is 13.5. The Morgan fingerprint density at radius 3 is 2.43 bits per heavy atom. The predicted molar refractivity (Wildman–Crippen MR) is 107 cm³/mol. The number of amides is 2. The molecule has 2 amide bonds. The molecular weight excluding hydrogens is 358 g/mol. The van der Waals surface area contributed by atoms with Crippen LogP contribution in [0.3, 0.4) is 0 Å². The van der Waals surface area contributed by atoms with Gasteiger partial charge in [-0.3, -0.25) is 14.4 Å². The zero-order valence-electron chi connectivity index (χ0n) is 16.6. The van der Waals surface area contributed by atoms with Crippen molar-refractivity contribution in [3.8, 4) is 0 Å². The average Bonchev–Trinajstić information content (AvgIpc) is 3.53. The van der Waals surface area contributed by atoms with Gasteiger partial charge in [-0.15, -0.1) is 0 Å². The van der Waals surface area contributed by atoms with Crippen LogP contribution in [0.25, 0.3) is 0 Å². The Morgan fingerprint density at radius 1 is 1.11 bits per heavy atom. The first-order valence-electron chi connectivity index (χ1n) is 10.1. The average molecular weight is 387 g/mol. The number of nitrogens with one attached hydrogen (secondary N) is 2. The maximum atomic E-state index is 12.7. The number of hydrogen-bond donors (Lipinski definition) is 2. The molecular formula is C21H29N3O4. The van der Waals surface area contributed by atoms with Crippen molar-refractivity contribution in [3.05, 3.63) is 24.3 Å². The topological polar surface area (TPSA) is 87.7 Å². The van der Waals surface area contributed by atoms with Crippen molar-refractivity contribution in [2.24, 2.45) is 11.8 Å². The van der Waals surface area contributed by atoms with Gasteiger partial charge in [0, 0.05) is 30.4 Å². The Balaban J connectivity index is 1.50. The van der Waals surface area contributed by atoms with Crippen LogP contribution in [-0.2, 0) is 19.1 Å². The molecule has 2 N–H and O–H groups in total. The first kappa shape index (κ1) is 20.2. The minimum absolute atomic E-state index is 0.00901. The highest BCUT2D eigenvalue weighted by Crippen LogP contribution is 2.30. The minimum atomic E-state index is -0.395. The van der Waals surface area contributed by atoms with Gasteiger partial charge < -0.3 is 20.3 Å². The summed E-state index contributed by atoms with van der Waals surface area (Å²) in [6, 6.07) is 7.03. The lowest BCUT2D eigenvalue weighted by atomic mass is 9.96. The van der Waals surface area contributed by atoms with E-state index in [1.165, 1.54) is 0 Å². The van der Waals surface area contributed by atoms with Crippen molar-refractivity contribution in [2.75, 3.05) is 30.3 Å². The van der Waals surface area contributed by atoms with E-state index in [0.717, 1.165) is 24.2 Å². The van der Waals surface area contributed by atoms with E-state index in [1.54, 1.807) is 11.8 Å². The van der Waals surface area contributed by atoms with Crippen molar-refractivity contribution in [1.82, 2.24) is 4.90 Å². The van der Waals surface area contributed by atoms with Crippen molar-refractivity contribution >= 4 is 29.2 Å². The van der Waals surface area contributed by atoms with Crippen molar-refractivity contribution in [2.45, 2.75) is 45.6 Å². The van der Waals surface area contributed by atoms with Gasteiger partial charge in [-0.2, -0.15) is 0 Å². The van der Waals surface area contributed by atoms with Gasteiger partial charge in [-0.1, -0.05) is 6.07 Å². The van der Waals surface area contributed by atoms with Crippen LogP contribution in [0.5, 0.6) is 0 Å². The second-order valence-corrected chi connectivity index (χ2v) is 7.56. The van der Waals surface area contributed by atoms with Gasteiger partial charge in [0.2, 0.25) is 11.8 Å². The summed E-state index contributed by atoms with van der Waals surface area (Å²) in [7, 11) is 0. The number of hydrogen-bond acceptors (Lipinski definition) is 5. The Morgan fingerprint density at radius 2 is 1.79 bits per heavy atom. The van der Waals surface area contributed by atoms with Gasteiger partial charge in [-0.05, 0) is 57.7 Å². The van der Waals surface area contributed by atoms with E-state index < -0.39 is 6.04 Å². The molecule has 0 radical (unpaired) electrons. The van der Waals surface area contributed by atoms with Crippen molar-refractivity contribution < 1.29 is 19.1 Å². The molecule has 1 aromatic rings. The standard InChI is InChI=1S/C21H29N3O4/c1-3-28-21(27)16-9-11-24(12-10-16)20(26)14(2)22-17-5-4-6-18(13-17)23-19(25)15-7-8-15/h4-6,13-16,22H,3,7-12H2,1-2H3,(H,23,25). The fourth-order valence-corrected chi connectivity index (χ4v) is 3.46. The molecule has 28 heavy (non-hydrogen) atoms. The summed E-state index contributed by atoms with van der Waals surface area (Å²) in [5, 5.41) is 6.14. The van der Waals surface area contributed by atoms with Gasteiger partial charge in [-0.25, -0.2) is 0 Å². The highest BCUT2D eigenvalue weighted by molar-refractivity contribution is 5.94. The van der Waals surface area contributed by atoms with Crippen LogP contribution < -0.4 is 10.6 Å². The van der Waals surface area contributed by atoms with E-state index in [0.29, 0.717) is 32.5 Å². The second kappa shape index (κ2) is 9.08. The molecule has 0 spiro atoms. The maximum absolute atomic E-state index is 12.7. The number of rotatable bonds is 7. The molecule has 7 nitrogen and oxygen atoms in total. The third-order valence-corrected chi connectivity index (χ3v) is 5.26. The van der Waals surface area contributed by atoms with Crippen LogP contribution in [0.4, 0.5) is 11.4 Å². The zero-order chi connectivity index (χ0) is 20.1. The van der Waals surface area contributed by atoms with Crippen LogP contribution in [0.1, 0.15) is 39.5 Å². The molecule has 0 bridgehead atoms. The number of benzene rings is 1. The number of esters is 1. The van der Waals surface area contributed by atoms with Crippen LogP contribution >= 0.6 is 0 Å². The number of likely N-dealkylation sites (tertiary alicyclic amines) is 1.